The average molecular weight is 240 g/mol. The number of hydrogen-bond donors (Lipinski definition) is 3. The van der Waals surface area contributed by atoms with E-state index in [0.717, 1.165) is 0 Å². The molecular formula is C11H16N2O4. The maximum absolute atomic E-state index is 10.6. The van der Waals surface area contributed by atoms with Crippen molar-refractivity contribution in [3.63, 3.8) is 0 Å². The molecule has 1 heterocycles. The number of pyridine rings is 1. The number of nitrogens with zero attached hydrogens (tertiary/aromatic N) is 2. The summed E-state index contributed by atoms with van der Waals surface area (Å²) in [6.45, 7) is 1.38. The van der Waals surface area contributed by atoms with Gasteiger partial charge in [0.05, 0.1) is 24.5 Å². The van der Waals surface area contributed by atoms with Crippen LogP contribution >= 0.6 is 0 Å². The maximum Gasteiger partial charge on any atom is 0.337 e. The van der Waals surface area contributed by atoms with E-state index in [-0.39, 0.29) is 18.8 Å². The van der Waals surface area contributed by atoms with Gasteiger partial charge in [0, 0.05) is 25.8 Å². The summed E-state index contributed by atoms with van der Waals surface area (Å²) in [6, 6.07) is 3.12. The summed E-state index contributed by atoms with van der Waals surface area (Å²) in [5.41, 5.74) is 0.849. The van der Waals surface area contributed by atoms with Crippen molar-refractivity contribution in [2.24, 2.45) is 0 Å². The molecule has 0 spiro atoms. The van der Waals surface area contributed by atoms with E-state index >= 15 is 0 Å². The molecule has 6 nitrogen and oxygen atoms in total. The van der Waals surface area contributed by atoms with Gasteiger partial charge in [-0.15, -0.1) is 0 Å². The number of carboxylic acid groups (broad SMARTS) is 1. The fourth-order valence-electron chi connectivity index (χ4n) is 1.43. The Morgan fingerprint density at radius 1 is 1.24 bits per heavy atom. The Bertz CT molecular complexity index is 347. The van der Waals surface area contributed by atoms with Crippen LogP contribution in [0.5, 0.6) is 0 Å². The molecule has 0 fully saturated rings. The lowest BCUT2D eigenvalue weighted by Crippen LogP contribution is -2.29. The fraction of sp³-hybridized carbons (Fsp3) is 0.455. The summed E-state index contributed by atoms with van der Waals surface area (Å²) >= 11 is 0. The average Bonchev–Trinajstić information content (AvgIpc) is 2.30. The van der Waals surface area contributed by atoms with Crippen LogP contribution in [0.4, 0.5) is 0 Å². The molecule has 0 aliphatic rings. The van der Waals surface area contributed by atoms with Gasteiger partial charge in [0.2, 0.25) is 0 Å². The molecule has 1 rings (SSSR count). The van der Waals surface area contributed by atoms with Crippen molar-refractivity contribution >= 4 is 5.97 Å². The van der Waals surface area contributed by atoms with Crippen LogP contribution in [0, 0.1) is 0 Å². The van der Waals surface area contributed by atoms with Crippen molar-refractivity contribution in [3.8, 4) is 0 Å². The van der Waals surface area contributed by atoms with Crippen LogP contribution in [0.2, 0.25) is 0 Å². The highest BCUT2D eigenvalue weighted by atomic mass is 16.4. The van der Waals surface area contributed by atoms with E-state index in [4.69, 9.17) is 15.3 Å². The fourth-order valence-corrected chi connectivity index (χ4v) is 1.43. The van der Waals surface area contributed by atoms with Crippen LogP contribution in [0.25, 0.3) is 0 Å². The van der Waals surface area contributed by atoms with Gasteiger partial charge in [0.1, 0.15) is 0 Å². The van der Waals surface area contributed by atoms with Gasteiger partial charge in [-0.1, -0.05) is 0 Å². The molecule has 94 valence electrons. The molecule has 3 N–H and O–H groups in total. The predicted octanol–water partition coefficient (Wildman–Crippen LogP) is -0.434. The third-order valence-electron chi connectivity index (χ3n) is 2.29. The highest BCUT2D eigenvalue weighted by molar-refractivity contribution is 5.87. The minimum atomic E-state index is -1.01. The van der Waals surface area contributed by atoms with Gasteiger partial charge in [-0.2, -0.15) is 0 Å². The Morgan fingerprint density at radius 2 is 1.88 bits per heavy atom. The van der Waals surface area contributed by atoms with Gasteiger partial charge >= 0.3 is 5.97 Å². The molecule has 0 bridgehead atoms. The number of aromatic carboxylic acids is 1. The van der Waals surface area contributed by atoms with Crippen LogP contribution < -0.4 is 0 Å². The summed E-state index contributed by atoms with van der Waals surface area (Å²) < 4.78 is 0. The van der Waals surface area contributed by atoms with Crippen molar-refractivity contribution in [2.45, 2.75) is 6.54 Å². The van der Waals surface area contributed by atoms with Gasteiger partial charge in [0.15, 0.2) is 0 Å². The molecule has 0 aliphatic heterocycles. The SMILES string of the molecule is O=C(O)c1ccc(CN(CCO)CCO)nc1. The molecule has 0 unspecified atom stereocenters. The molecule has 1 aromatic rings. The molecule has 0 amide bonds. The molecule has 0 saturated heterocycles. The van der Waals surface area contributed by atoms with Crippen molar-refractivity contribution in [2.75, 3.05) is 26.3 Å². The molecule has 0 saturated carbocycles. The third-order valence-corrected chi connectivity index (χ3v) is 2.29. The first-order valence-corrected chi connectivity index (χ1v) is 5.29. The summed E-state index contributed by atoms with van der Waals surface area (Å²) in [5, 5.41) is 26.4. The van der Waals surface area contributed by atoms with E-state index in [1.807, 2.05) is 4.90 Å². The van der Waals surface area contributed by atoms with Crippen LogP contribution in [0.1, 0.15) is 16.1 Å². The Hall–Kier alpha value is -1.50. The maximum atomic E-state index is 10.6. The first-order chi connectivity index (χ1) is 8.17. The molecule has 0 aromatic carbocycles. The third kappa shape index (κ3) is 4.48. The van der Waals surface area contributed by atoms with E-state index in [2.05, 4.69) is 4.98 Å². The lowest BCUT2D eigenvalue weighted by atomic mass is 10.2. The molecular weight excluding hydrogens is 224 g/mol. The quantitative estimate of drug-likeness (QED) is 0.598. The zero-order chi connectivity index (χ0) is 12.7. The second-order valence-electron chi connectivity index (χ2n) is 3.57. The van der Waals surface area contributed by atoms with Crippen LogP contribution in [-0.4, -0.2) is 57.5 Å². The van der Waals surface area contributed by atoms with Crippen LogP contribution in [0.15, 0.2) is 18.3 Å². The Labute approximate surface area is 99.1 Å². The summed E-state index contributed by atoms with van der Waals surface area (Å²) in [4.78, 5) is 16.5. The monoisotopic (exact) mass is 240 g/mol. The Balaban J connectivity index is 2.62. The Morgan fingerprint density at radius 3 is 2.29 bits per heavy atom. The zero-order valence-corrected chi connectivity index (χ0v) is 9.41. The van der Waals surface area contributed by atoms with Crippen LogP contribution in [-0.2, 0) is 6.54 Å². The summed E-state index contributed by atoms with van der Waals surface area (Å²) in [7, 11) is 0. The number of aliphatic hydroxyl groups excluding tert-OH is 2. The van der Waals surface area contributed by atoms with Gasteiger partial charge in [-0.05, 0) is 12.1 Å². The van der Waals surface area contributed by atoms with Crippen molar-refractivity contribution in [1.82, 2.24) is 9.88 Å². The van der Waals surface area contributed by atoms with Gasteiger partial charge in [-0.25, -0.2) is 4.79 Å². The smallest absolute Gasteiger partial charge is 0.337 e. The molecule has 0 aliphatic carbocycles. The number of hydrogen-bond acceptors (Lipinski definition) is 5. The molecule has 17 heavy (non-hydrogen) atoms. The predicted molar refractivity (Wildman–Crippen MR) is 60.6 cm³/mol. The van der Waals surface area contributed by atoms with E-state index in [0.29, 0.717) is 25.3 Å². The second-order valence-corrected chi connectivity index (χ2v) is 3.57. The van der Waals surface area contributed by atoms with E-state index in [1.165, 1.54) is 12.3 Å². The first kappa shape index (κ1) is 13.6. The minimum Gasteiger partial charge on any atom is -0.478 e. The van der Waals surface area contributed by atoms with Crippen molar-refractivity contribution in [1.29, 1.82) is 0 Å². The van der Waals surface area contributed by atoms with E-state index in [9.17, 15) is 4.79 Å². The minimum absolute atomic E-state index is 0.00715. The number of carboxylic acids is 1. The topological polar surface area (TPSA) is 93.9 Å². The van der Waals surface area contributed by atoms with Crippen molar-refractivity contribution < 1.29 is 20.1 Å². The summed E-state index contributed by atoms with van der Waals surface area (Å²) in [5.74, 6) is -1.01. The molecule has 0 atom stereocenters. The van der Waals surface area contributed by atoms with Crippen molar-refractivity contribution in [3.05, 3.63) is 29.6 Å². The lowest BCUT2D eigenvalue weighted by molar-refractivity contribution is 0.0696. The van der Waals surface area contributed by atoms with E-state index in [1.54, 1.807) is 6.07 Å². The molecule has 1 aromatic heterocycles. The van der Waals surface area contributed by atoms with Gasteiger partial charge in [0.25, 0.3) is 0 Å². The Kier molecular flexibility index (Phi) is 5.55. The molecule has 0 radical (unpaired) electrons. The largest absolute Gasteiger partial charge is 0.478 e. The lowest BCUT2D eigenvalue weighted by Gasteiger charge is -2.19. The van der Waals surface area contributed by atoms with Gasteiger partial charge in [-0.3, -0.25) is 9.88 Å². The molecule has 6 heteroatoms. The number of aromatic nitrogens is 1. The number of rotatable bonds is 7. The van der Waals surface area contributed by atoms with Crippen LogP contribution in [0.3, 0.4) is 0 Å². The normalized spacial score (nSPS) is 10.8. The second kappa shape index (κ2) is 6.95. The first-order valence-electron chi connectivity index (χ1n) is 5.29. The van der Waals surface area contributed by atoms with E-state index < -0.39 is 5.97 Å². The number of aliphatic hydroxyl groups is 2. The highest BCUT2D eigenvalue weighted by Gasteiger charge is 2.07. The van der Waals surface area contributed by atoms with Gasteiger partial charge < -0.3 is 15.3 Å². The standard InChI is InChI=1S/C11H16N2O4/c14-5-3-13(4-6-15)8-10-2-1-9(7-12-10)11(16)17/h1-2,7,14-15H,3-6,8H2,(H,16,17). The zero-order valence-electron chi connectivity index (χ0n) is 9.41. The number of carbonyl (C=O) groups is 1. The summed E-state index contributed by atoms with van der Waals surface area (Å²) in [6.07, 6.45) is 1.30. The highest BCUT2D eigenvalue weighted by Crippen LogP contribution is 2.04.